The fraction of sp³-hybridized carbons (Fsp3) is 0.571. The number of carbonyl (C=O) groups excluding carboxylic acids is 2. The third kappa shape index (κ3) is 7.32. The quantitative estimate of drug-likeness (QED) is 0.173. The minimum absolute atomic E-state index is 0.0619. The summed E-state index contributed by atoms with van der Waals surface area (Å²) in [6, 6.07) is -0.731. The normalized spacial score (nSPS) is 20.4. The summed E-state index contributed by atoms with van der Waals surface area (Å²) in [7, 11) is 0. The molecule has 0 unspecified atom stereocenters. The number of carbonyl (C=O) groups is 3. The third-order valence-electron chi connectivity index (χ3n) is 5.26. The number of rotatable bonds is 10. The Morgan fingerprint density at radius 3 is 2.51 bits per heavy atom. The lowest BCUT2D eigenvalue weighted by atomic mass is 10.0. The number of aliphatic carboxylic acids is 1. The largest absolute Gasteiger partial charge is 0.478 e. The number of aliphatic hydroxyl groups is 2. The average molecular weight is 498 g/mol. The molecule has 0 aromatic carbocycles. The van der Waals surface area contributed by atoms with Crippen molar-refractivity contribution in [3.8, 4) is 0 Å². The van der Waals surface area contributed by atoms with Gasteiger partial charge >= 0.3 is 17.8 Å². The first-order valence-electron chi connectivity index (χ1n) is 10.8. The zero-order chi connectivity index (χ0) is 26.4. The standard InChI is InChI=1S/C21H31N5O9/c1-9(2)7-13(22)16(27)23-11(4)15(19(30)31)35-21(33)25-14-5-6-26(20(32)24-14)17-10(3)12(8-34-17)18(28)29/h5-6,9,11-13,15,17-18,28-29H,3,7-8,22H2,1-2,4H3,(H,23,27)(H,30,31)(H,24,25,32,33)/t11-,12+,13-,15+,17+/m0/s1. The summed E-state index contributed by atoms with van der Waals surface area (Å²) in [4.78, 5) is 52.1. The SMILES string of the molecule is C=C1[C@H](C(O)O)CO[C@H]1n1ccc(NC(=O)O[C@@H](C(=O)O)[C@H](C)NC(=O)[C@@H](N)CC(C)C)nc1=O. The summed E-state index contributed by atoms with van der Waals surface area (Å²) in [6.45, 7) is 8.76. The van der Waals surface area contributed by atoms with E-state index in [9.17, 15) is 34.5 Å². The minimum atomic E-state index is -1.75. The number of carboxylic acids is 1. The Morgan fingerprint density at radius 2 is 2.00 bits per heavy atom. The fourth-order valence-electron chi connectivity index (χ4n) is 3.43. The van der Waals surface area contributed by atoms with Gasteiger partial charge in [-0.3, -0.25) is 14.7 Å². The second-order valence-electron chi connectivity index (χ2n) is 8.61. The van der Waals surface area contributed by atoms with Crippen LogP contribution >= 0.6 is 0 Å². The second kappa shape index (κ2) is 11.9. The fourth-order valence-corrected chi connectivity index (χ4v) is 3.43. The molecule has 2 rings (SSSR count). The van der Waals surface area contributed by atoms with E-state index < -0.39 is 60.3 Å². The lowest BCUT2D eigenvalue weighted by molar-refractivity contribution is -0.148. The molecule has 0 aliphatic carbocycles. The van der Waals surface area contributed by atoms with Crippen molar-refractivity contribution in [2.45, 2.75) is 57.9 Å². The molecule has 1 saturated heterocycles. The smallest absolute Gasteiger partial charge is 0.413 e. The van der Waals surface area contributed by atoms with Crippen molar-refractivity contribution < 1.29 is 39.2 Å². The Hall–Kier alpha value is -3.33. The van der Waals surface area contributed by atoms with Crippen LogP contribution in [0.2, 0.25) is 0 Å². The number of aliphatic hydroxyl groups excluding tert-OH is 1. The highest BCUT2D eigenvalue weighted by atomic mass is 16.6. The highest BCUT2D eigenvalue weighted by Crippen LogP contribution is 2.33. The summed E-state index contributed by atoms with van der Waals surface area (Å²) < 4.78 is 11.3. The Kier molecular flexibility index (Phi) is 9.47. The summed E-state index contributed by atoms with van der Waals surface area (Å²) in [5, 5.41) is 32.7. The number of anilines is 1. The van der Waals surface area contributed by atoms with Crippen LogP contribution in [-0.4, -0.2) is 73.9 Å². The molecular formula is C21H31N5O9. The van der Waals surface area contributed by atoms with Gasteiger partial charge in [-0.2, -0.15) is 4.98 Å². The first-order valence-corrected chi connectivity index (χ1v) is 10.8. The number of nitrogens with one attached hydrogen (secondary N) is 2. The van der Waals surface area contributed by atoms with Gasteiger partial charge in [0.25, 0.3) is 0 Å². The van der Waals surface area contributed by atoms with Crippen LogP contribution in [0.1, 0.15) is 33.4 Å². The van der Waals surface area contributed by atoms with Gasteiger partial charge in [0, 0.05) is 6.20 Å². The van der Waals surface area contributed by atoms with E-state index >= 15 is 0 Å². The van der Waals surface area contributed by atoms with Crippen molar-refractivity contribution in [3.05, 3.63) is 34.9 Å². The first-order chi connectivity index (χ1) is 16.3. The van der Waals surface area contributed by atoms with Gasteiger partial charge in [0.05, 0.1) is 24.6 Å². The van der Waals surface area contributed by atoms with Crippen molar-refractivity contribution in [2.24, 2.45) is 17.6 Å². The summed E-state index contributed by atoms with van der Waals surface area (Å²) in [6.07, 6.45) is -4.03. The van der Waals surface area contributed by atoms with Crippen LogP contribution in [0.15, 0.2) is 29.2 Å². The van der Waals surface area contributed by atoms with Gasteiger partial charge in [-0.25, -0.2) is 14.4 Å². The summed E-state index contributed by atoms with van der Waals surface area (Å²) in [5.41, 5.74) is 5.20. The van der Waals surface area contributed by atoms with Gasteiger partial charge in [0.15, 0.2) is 12.5 Å². The van der Waals surface area contributed by atoms with Gasteiger partial charge < -0.3 is 35.8 Å². The van der Waals surface area contributed by atoms with E-state index in [-0.39, 0.29) is 23.9 Å². The number of hydrogen-bond acceptors (Lipinski definition) is 10. The summed E-state index contributed by atoms with van der Waals surface area (Å²) >= 11 is 0. The molecule has 0 spiro atoms. The highest BCUT2D eigenvalue weighted by molar-refractivity contribution is 5.87. The van der Waals surface area contributed by atoms with Crippen LogP contribution in [-0.2, 0) is 19.1 Å². The average Bonchev–Trinajstić information content (AvgIpc) is 3.12. The Morgan fingerprint density at radius 1 is 1.34 bits per heavy atom. The third-order valence-corrected chi connectivity index (χ3v) is 5.26. The van der Waals surface area contributed by atoms with Gasteiger partial charge in [-0.1, -0.05) is 20.4 Å². The zero-order valence-corrected chi connectivity index (χ0v) is 19.6. The van der Waals surface area contributed by atoms with E-state index in [1.165, 1.54) is 19.2 Å². The van der Waals surface area contributed by atoms with Crippen molar-refractivity contribution in [1.29, 1.82) is 0 Å². The number of amides is 2. The van der Waals surface area contributed by atoms with Crippen LogP contribution in [0.25, 0.3) is 0 Å². The molecule has 2 amide bonds. The van der Waals surface area contributed by atoms with Crippen molar-refractivity contribution in [1.82, 2.24) is 14.9 Å². The topological polar surface area (TPSA) is 215 Å². The molecule has 2 heterocycles. The number of aromatic nitrogens is 2. The predicted molar refractivity (Wildman–Crippen MR) is 121 cm³/mol. The van der Waals surface area contributed by atoms with E-state index in [1.54, 1.807) is 0 Å². The Bertz CT molecular complexity index is 1010. The number of nitrogens with zero attached hydrogens (tertiary/aromatic N) is 2. The molecule has 194 valence electrons. The van der Waals surface area contributed by atoms with Crippen LogP contribution in [0.5, 0.6) is 0 Å². The maximum Gasteiger partial charge on any atom is 0.413 e. The van der Waals surface area contributed by atoms with Crippen LogP contribution < -0.4 is 22.1 Å². The molecule has 7 N–H and O–H groups in total. The van der Waals surface area contributed by atoms with E-state index in [4.69, 9.17) is 15.2 Å². The Labute approximate surface area is 200 Å². The van der Waals surface area contributed by atoms with Crippen molar-refractivity contribution >= 4 is 23.8 Å². The minimum Gasteiger partial charge on any atom is -0.478 e. The predicted octanol–water partition coefficient (Wildman–Crippen LogP) is -0.865. The second-order valence-corrected chi connectivity index (χ2v) is 8.61. The number of carboxylic acid groups (broad SMARTS) is 1. The maximum absolute atomic E-state index is 12.4. The molecule has 1 aliphatic heterocycles. The molecule has 14 nitrogen and oxygen atoms in total. The number of ether oxygens (including phenoxy) is 2. The van der Waals surface area contributed by atoms with Gasteiger partial charge in [0.1, 0.15) is 5.82 Å². The monoisotopic (exact) mass is 497 g/mol. The molecule has 14 heteroatoms. The lowest BCUT2D eigenvalue weighted by Gasteiger charge is -2.23. The van der Waals surface area contributed by atoms with Crippen molar-refractivity contribution in [3.63, 3.8) is 0 Å². The molecular weight excluding hydrogens is 466 g/mol. The zero-order valence-electron chi connectivity index (χ0n) is 19.6. The molecule has 1 fully saturated rings. The van der Waals surface area contributed by atoms with E-state index in [1.807, 2.05) is 13.8 Å². The number of hydrogen-bond donors (Lipinski definition) is 6. The molecule has 0 saturated carbocycles. The van der Waals surface area contributed by atoms with Gasteiger partial charge in [-0.15, -0.1) is 0 Å². The molecule has 5 atom stereocenters. The maximum atomic E-state index is 12.4. The van der Waals surface area contributed by atoms with Gasteiger partial charge in [0.2, 0.25) is 12.0 Å². The molecule has 0 bridgehead atoms. The van der Waals surface area contributed by atoms with E-state index in [0.717, 1.165) is 4.57 Å². The van der Waals surface area contributed by atoms with Gasteiger partial charge in [-0.05, 0) is 30.9 Å². The number of nitrogens with two attached hydrogens (primary N) is 1. The molecule has 1 aromatic rings. The van der Waals surface area contributed by atoms with Crippen LogP contribution in [0.3, 0.4) is 0 Å². The van der Waals surface area contributed by atoms with E-state index in [2.05, 4.69) is 22.2 Å². The van der Waals surface area contributed by atoms with Crippen LogP contribution in [0, 0.1) is 11.8 Å². The highest BCUT2D eigenvalue weighted by Gasteiger charge is 2.36. The molecule has 0 radical (unpaired) electrons. The molecule has 1 aromatic heterocycles. The van der Waals surface area contributed by atoms with E-state index in [0.29, 0.717) is 6.42 Å². The summed E-state index contributed by atoms with van der Waals surface area (Å²) in [5.74, 6) is -2.97. The lowest BCUT2D eigenvalue weighted by Crippen LogP contribution is -2.52. The van der Waals surface area contributed by atoms with Crippen LogP contribution in [0.4, 0.5) is 10.6 Å². The Balaban J connectivity index is 2.02. The molecule has 35 heavy (non-hydrogen) atoms. The first kappa shape index (κ1) is 27.9. The van der Waals surface area contributed by atoms with Crippen molar-refractivity contribution in [2.75, 3.05) is 11.9 Å². The molecule has 1 aliphatic rings.